The molecule has 2 heterocycles. The van der Waals surface area contributed by atoms with Crippen LogP contribution in [0.1, 0.15) is 0 Å². The van der Waals surface area contributed by atoms with Gasteiger partial charge >= 0.3 is 0 Å². The molecule has 25 heavy (non-hydrogen) atoms. The number of aromatic nitrogens is 2. The first-order valence-electron chi connectivity index (χ1n) is 7.05. The first kappa shape index (κ1) is 14.7. The van der Waals surface area contributed by atoms with E-state index in [1.807, 2.05) is 0 Å². The third-order valence-electron chi connectivity index (χ3n) is 3.56. The number of hydrogen-bond donors (Lipinski definition) is 2. The fourth-order valence-electron chi connectivity index (χ4n) is 2.37. The number of fused-ring (bicyclic) bond motifs is 1. The van der Waals surface area contributed by atoms with E-state index >= 15 is 0 Å². The third-order valence-corrected chi connectivity index (χ3v) is 3.56. The summed E-state index contributed by atoms with van der Waals surface area (Å²) in [6.07, 6.45) is 0. The summed E-state index contributed by atoms with van der Waals surface area (Å²) in [7, 11) is 0. The lowest BCUT2D eigenvalue weighted by molar-refractivity contribution is -0.384. The quantitative estimate of drug-likeness (QED) is 0.428. The van der Waals surface area contributed by atoms with Crippen LogP contribution < -0.4 is 0 Å². The van der Waals surface area contributed by atoms with Crippen LogP contribution in [0.5, 0.6) is 11.5 Å². The Balaban J connectivity index is 1.74. The van der Waals surface area contributed by atoms with Crippen molar-refractivity contribution in [2.45, 2.75) is 0 Å². The lowest BCUT2D eigenvalue weighted by Crippen LogP contribution is -1.85. The second kappa shape index (κ2) is 5.34. The minimum Gasteiger partial charge on any atom is -0.508 e. The summed E-state index contributed by atoms with van der Waals surface area (Å²) < 4.78 is 11.0. The van der Waals surface area contributed by atoms with Gasteiger partial charge in [-0.3, -0.25) is 10.1 Å². The molecule has 0 radical (unpaired) electrons. The molecule has 0 saturated carbocycles. The second-order valence-corrected chi connectivity index (χ2v) is 5.20. The van der Waals surface area contributed by atoms with E-state index in [2.05, 4.69) is 10.2 Å². The molecule has 2 N–H and O–H groups in total. The van der Waals surface area contributed by atoms with E-state index in [9.17, 15) is 20.3 Å². The van der Waals surface area contributed by atoms with Gasteiger partial charge in [0.2, 0.25) is 0 Å². The maximum atomic E-state index is 10.8. The van der Waals surface area contributed by atoms with E-state index in [0.717, 1.165) is 6.07 Å². The molecule has 9 nitrogen and oxygen atoms in total. The third kappa shape index (κ3) is 2.53. The van der Waals surface area contributed by atoms with Crippen molar-refractivity contribution in [3.63, 3.8) is 0 Å². The Morgan fingerprint density at radius 2 is 1.76 bits per heavy atom. The summed E-state index contributed by atoms with van der Waals surface area (Å²) in [6, 6.07) is 9.82. The van der Waals surface area contributed by atoms with Gasteiger partial charge in [0.25, 0.3) is 17.5 Å². The summed E-state index contributed by atoms with van der Waals surface area (Å²) in [5.74, 6) is 0.0306. The molecule has 4 aromatic rings. The highest BCUT2D eigenvalue weighted by Gasteiger charge is 2.18. The highest BCUT2D eigenvalue weighted by Crippen LogP contribution is 2.34. The number of phenols is 2. The normalized spacial score (nSPS) is 11.0. The minimum absolute atomic E-state index is 0.0407. The van der Waals surface area contributed by atoms with Gasteiger partial charge in [0, 0.05) is 17.5 Å². The zero-order valence-corrected chi connectivity index (χ0v) is 12.4. The molecular weight excluding hydrogens is 330 g/mol. The summed E-state index contributed by atoms with van der Waals surface area (Å²) >= 11 is 0. The number of rotatable bonds is 3. The Kier molecular flexibility index (Phi) is 3.14. The highest BCUT2D eigenvalue weighted by atomic mass is 16.6. The molecule has 0 amide bonds. The molecule has 0 fully saturated rings. The van der Waals surface area contributed by atoms with Gasteiger partial charge in [0.05, 0.1) is 16.6 Å². The largest absolute Gasteiger partial charge is 0.508 e. The average molecular weight is 339 g/mol. The molecule has 2 aromatic carbocycles. The maximum Gasteiger partial charge on any atom is 0.283 e. The standard InChI is InChI=1S/C16H9N3O6/c20-10-3-4-11(12(21)7-10)15-17-18-16(25-15)14-5-8-1-2-9(19(22)23)6-13(8)24-14/h1-7,20-21H. The Hall–Kier alpha value is -3.88. The summed E-state index contributed by atoms with van der Waals surface area (Å²) in [4.78, 5) is 10.3. The van der Waals surface area contributed by atoms with E-state index in [-0.39, 0.29) is 40.3 Å². The Labute approximate surface area is 138 Å². The molecule has 0 unspecified atom stereocenters. The maximum absolute atomic E-state index is 10.8. The van der Waals surface area contributed by atoms with Crippen LogP contribution in [0.4, 0.5) is 5.69 Å². The molecule has 0 aliphatic heterocycles. The highest BCUT2D eigenvalue weighted by molar-refractivity contribution is 5.83. The minimum atomic E-state index is -0.514. The van der Waals surface area contributed by atoms with Crippen LogP contribution in [0.3, 0.4) is 0 Å². The van der Waals surface area contributed by atoms with Crippen molar-refractivity contribution in [3.8, 4) is 34.6 Å². The topological polar surface area (TPSA) is 136 Å². The molecule has 4 rings (SSSR count). The van der Waals surface area contributed by atoms with Crippen LogP contribution in [0, 0.1) is 10.1 Å². The van der Waals surface area contributed by atoms with Gasteiger partial charge in [0.15, 0.2) is 5.76 Å². The molecule has 0 atom stereocenters. The molecule has 124 valence electrons. The van der Waals surface area contributed by atoms with Gasteiger partial charge in [-0.1, -0.05) is 0 Å². The molecule has 0 saturated heterocycles. The van der Waals surface area contributed by atoms with E-state index in [0.29, 0.717) is 11.0 Å². The molecule has 0 aliphatic rings. The predicted molar refractivity (Wildman–Crippen MR) is 84.9 cm³/mol. The number of nitrogens with zero attached hydrogens (tertiary/aromatic N) is 3. The number of non-ortho nitro benzene ring substituents is 1. The Bertz CT molecular complexity index is 1110. The zero-order chi connectivity index (χ0) is 17.6. The van der Waals surface area contributed by atoms with Gasteiger partial charge in [-0.2, -0.15) is 0 Å². The van der Waals surface area contributed by atoms with E-state index in [4.69, 9.17) is 8.83 Å². The molecule has 0 bridgehead atoms. The van der Waals surface area contributed by atoms with Crippen molar-refractivity contribution >= 4 is 16.7 Å². The van der Waals surface area contributed by atoms with Gasteiger partial charge in [-0.15, -0.1) is 10.2 Å². The van der Waals surface area contributed by atoms with E-state index in [1.54, 1.807) is 12.1 Å². The number of hydrogen-bond acceptors (Lipinski definition) is 8. The SMILES string of the molecule is O=[N+]([O-])c1ccc2cc(-c3nnc(-c4ccc(O)cc4O)o3)oc2c1. The lowest BCUT2D eigenvalue weighted by Gasteiger charge is -1.99. The lowest BCUT2D eigenvalue weighted by atomic mass is 10.2. The van der Waals surface area contributed by atoms with Crippen molar-refractivity contribution in [2.75, 3.05) is 0 Å². The summed E-state index contributed by atoms with van der Waals surface area (Å²) in [5.41, 5.74) is 0.480. The average Bonchev–Trinajstić information content (AvgIpc) is 3.20. The van der Waals surface area contributed by atoms with Crippen molar-refractivity contribution in [2.24, 2.45) is 0 Å². The van der Waals surface area contributed by atoms with E-state index < -0.39 is 4.92 Å². The number of benzene rings is 2. The van der Waals surface area contributed by atoms with Crippen LogP contribution in [-0.2, 0) is 0 Å². The van der Waals surface area contributed by atoms with Crippen molar-refractivity contribution in [1.29, 1.82) is 0 Å². The number of nitro benzene ring substituents is 1. The van der Waals surface area contributed by atoms with Crippen LogP contribution in [-0.4, -0.2) is 25.3 Å². The van der Waals surface area contributed by atoms with Crippen molar-refractivity contribution in [1.82, 2.24) is 10.2 Å². The summed E-state index contributed by atoms with van der Waals surface area (Å²) in [5, 5.41) is 38.3. The van der Waals surface area contributed by atoms with Crippen LogP contribution in [0.25, 0.3) is 34.1 Å². The Morgan fingerprint density at radius 3 is 2.52 bits per heavy atom. The van der Waals surface area contributed by atoms with Crippen LogP contribution >= 0.6 is 0 Å². The molecule has 2 aromatic heterocycles. The second-order valence-electron chi connectivity index (χ2n) is 5.20. The van der Waals surface area contributed by atoms with Gasteiger partial charge in [-0.05, 0) is 24.3 Å². The first-order valence-corrected chi connectivity index (χ1v) is 7.05. The van der Waals surface area contributed by atoms with Crippen LogP contribution in [0.15, 0.2) is 51.3 Å². The molecule has 9 heteroatoms. The van der Waals surface area contributed by atoms with Crippen LogP contribution in [0.2, 0.25) is 0 Å². The van der Waals surface area contributed by atoms with Gasteiger partial charge in [0.1, 0.15) is 17.1 Å². The predicted octanol–water partition coefficient (Wildman–Crippen LogP) is 3.47. The number of phenolic OH excluding ortho intramolecular Hbond substituents is 2. The molecule has 0 aliphatic carbocycles. The fourth-order valence-corrected chi connectivity index (χ4v) is 2.37. The van der Waals surface area contributed by atoms with Gasteiger partial charge in [-0.25, -0.2) is 0 Å². The fraction of sp³-hybridized carbons (Fsp3) is 0. The molecular formula is C16H9N3O6. The van der Waals surface area contributed by atoms with Gasteiger partial charge < -0.3 is 19.0 Å². The molecule has 0 spiro atoms. The van der Waals surface area contributed by atoms with E-state index in [1.165, 1.54) is 24.3 Å². The smallest absolute Gasteiger partial charge is 0.283 e. The monoisotopic (exact) mass is 339 g/mol. The van der Waals surface area contributed by atoms with Crippen molar-refractivity contribution in [3.05, 3.63) is 52.6 Å². The first-order chi connectivity index (χ1) is 12.0. The summed E-state index contributed by atoms with van der Waals surface area (Å²) in [6.45, 7) is 0. The number of furan rings is 1. The number of aromatic hydroxyl groups is 2. The van der Waals surface area contributed by atoms with Crippen molar-refractivity contribution < 1.29 is 24.0 Å². The Morgan fingerprint density at radius 1 is 0.960 bits per heavy atom. The number of nitro groups is 1. The zero-order valence-electron chi connectivity index (χ0n) is 12.4.